The van der Waals surface area contributed by atoms with E-state index in [1.165, 1.54) is 11.1 Å². The van der Waals surface area contributed by atoms with E-state index in [0.717, 1.165) is 18.6 Å². The lowest BCUT2D eigenvalue weighted by Crippen LogP contribution is -2.51. The van der Waals surface area contributed by atoms with E-state index < -0.39 is 5.54 Å². The van der Waals surface area contributed by atoms with Crippen LogP contribution in [-0.2, 0) is 17.6 Å². The zero-order valence-electron chi connectivity index (χ0n) is 11.1. The van der Waals surface area contributed by atoms with Crippen molar-refractivity contribution in [2.24, 2.45) is 4.99 Å². The van der Waals surface area contributed by atoms with Gasteiger partial charge in [0, 0.05) is 13.5 Å². The predicted molar refractivity (Wildman–Crippen MR) is 72.4 cm³/mol. The first-order valence-electron chi connectivity index (χ1n) is 6.39. The summed E-state index contributed by atoms with van der Waals surface area (Å²) >= 11 is 0. The molecule has 1 heterocycles. The molecule has 2 N–H and O–H groups in total. The highest BCUT2D eigenvalue weighted by molar-refractivity contribution is 6.09. The molecule has 0 aromatic heterocycles. The summed E-state index contributed by atoms with van der Waals surface area (Å²) in [5, 5.41) is 6.02. The largest absolute Gasteiger partial charge is 0.497 e. The average Bonchev–Trinajstić information content (AvgIpc) is 2.74. The lowest BCUT2D eigenvalue weighted by molar-refractivity contribution is -0.124. The molecule has 19 heavy (non-hydrogen) atoms. The molecule has 1 aliphatic heterocycles. The number of aliphatic imine (C=N–C) groups is 1. The van der Waals surface area contributed by atoms with Crippen LogP contribution >= 0.6 is 0 Å². The number of guanidine groups is 1. The van der Waals surface area contributed by atoms with Gasteiger partial charge in [0.15, 0.2) is 5.96 Å². The Kier molecular flexibility index (Phi) is 2.69. The maximum Gasteiger partial charge on any atom is 0.252 e. The molecule has 100 valence electrons. The summed E-state index contributed by atoms with van der Waals surface area (Å²) in [4.78, 5) is 16.2. The van der Waals surface area contributed by atoms with E-state index in [2.05, 4.69) is 21.7 Å². The van der Waals surface area contributed by atoms with E-state index in [0.29, 0.717) is 12.4 Å². The molecule has 5 heteroatoms. The number of amides is 1. The molecule has 1 amide bonds. The normalized spacial score (nSPS) is 27.1. The lowest BCUT2D eigenvalue weighted by atomic mass is 9.78. The number of carbonyl (C=O) groups is 1. The number of nitrogens with zero attached hydrogens (tertiary/aromatic N) is 1. The van der Waals surface area contributed by atoms with Gasteiger partial charge in [-0.05, 0) is 36.1 Å². The summed E-state index contributed by atoms with van der Waals surface area (Å²) < 4.78 is 5.26. The van der Waals surface area contributed by atoms with E-state index >= 15 is 0 Å². The van der Waals surface area contributed by atoms with Gasteiger partial charge >= 0.3 is 0 Å². The van der Waals surface area contributed by atoms with Crippen molar-refractivity contribution in [3.8, 4) is 5.75 Å². The number of ether oxygens (including phenoxy) is 1. The van der Waals surface area contributed by atoms with Crippen LogP contribution in [0.25, 0.3) is 0 Å². The van der Waals surface area contributed by atoms with Gasteiger partial charge in [0.25, 0.3) is 5.91 Å². The number of hydrogen-bond donors (Lipinski definition) is 2. The maximum absolute atomic E-state index is 12.2. The Morgan fingerprint density at radius 2 is 2.21 bits per heavy atom. The molecule has 0 saturated carbocycles. The number of benzene rings is 1. The van der Waals surface area contributed by atoms with Crippen LogP contribution in [0.15, 0.2) is 23.2 Å². The first-order valence-corrected chi connectivity index (χ1v) is 6.39. The van der Waals surface area contributed by atoms with Crippen LogP contribution in [0.4, 0.5) is 0 Å². The quantitative estimate of drug-likeness (QED) is 0.777. The Bertz CT molecular complexity index is 568. The second-order valence-corrected chi connectivity index (χ2v) is 5.04. The summed E-state index contributed by atoms with van der Waals surface area (Å²) in [6.45, 7) is 0. The van der Waals surface area contributed by atoms with Crippen LogP contribution < -0.4 is 15.4 Å². The fourth-order valence-electron chi connectivity index (χ4n) is 2.85. The van der Waals surface area contributed by atoms with Crippen molar-refractivity contribution in [3.63, 3.8) is 0 Å². The molecule has 1 aromatic rings. The Hall–Kier alpha value is -2.04. The number of hydrogen-bond acceptors (Lipinski definition) is 3. The molecule has 1 fully saturated rings. The van der Waals surface area contributed by atoms with Crippen LogP contribution in [0.3, 0.4) is 0 Å². The maximum atomic E-state index is 12.2. The summed E-state index contributed by atoms with van der Waals surface area (Å²) in [6.07, 6.45) is 2.35. The van der Waals surface area contributed by atoms with Crippen LogP contribution in [0.2, 0.25) is 0 Å². The zero-order valence-corrected chi connectivity index (χ0v) is 11.1. The Balaban J connectivity index is 1.95. The molecule has 2 aliphatic rings. The predicted octanol–water partition coefficient (Wildman–Crippen LogP) is 0.628. The van der Waals surface area contributed by atoms with Crippen LogP contribution in [0.1, 0.15) is 17.5 Å². The van der Waals surface area contributed by atoms with Crippen molar-refractivity contribution in [2.45, 2.75) is 24.8 Å². The second-order valence-electron chi connectivity index (χ2n) is 5.04. The molecule has 3 rings (SSSR count). The monoisotopic (exact) mass is 259 g/mol. The standard InChI is InChI=1S/C14H17N3O2/c1-15-13-16-12(18)14(17-13)6-5-9-3-4-11(19-2)7-10(9)8-14/h3-4,7H,5-6,8H2,1-2H3,(H2,15,16,17,18). The van der Waals surface area contributed by atoms with Crippen molar-refractivity contribution >= 4 is 11.9 Å². The van der Waals surface area contributed by atoms with Gasteiger partial charge < -0.3 is 10.1 Å². The minimum absolute atomic E-state index is 0.0153. The van der Waals surface area contributed by atoms with Gasteiger partial charge in [-0.25, -0.2) is 0 Å². The minimum Gasteiger partial charge on any atom is -0.497 e. The third-order valence-corrected chi connectivity index (χ3v) is 3.97. The Morgan fingerprint density at radius 1 is 1.37 bits per heavy atom. The van der Waals surface area contributed by atoms with Crippen LogP contribution in [0, 0.1) is 0 Å². The van der Waals surface area contributed by atoms with Gasteiger partial charge in [0.2, 0.25) is 0 Å². The van der Waals surface area contributed by atoms with Gasteiger partial charge in [-0.3, -0.25) is 15.1 Å². The van der Waals surface area contributed by atoms with Crippen LogP contribution in [0.5, 0.6) is 5.75 Å². The van der Waals surface area contributed by atoms with Gasteiger partial charge in [-0.1, -0.05) is 6.07 Å². The first-order chi connectivity index (χ1) is 9.16. The molecule has 0 bridgehead atoms. The number of methoxy groups -OCH3 is 1. The Morgan fingerprint density at radius 3 is 2.89 bits per heavy atom. The average molecular weight is 259 g/mol. The number of aryl methyl sites for hydroxylation is 1. The highest BCUT2D eigenvalue weighted by Gasteiger charge is 2.46. The smallest absolute Gasteiger partial charge is 0.252 e. The molecule has 1 saturated heterocycles. The second kappa shape index (κ2) is 4.26. The number of fused-ring (bicyclic) bond motifs is 1. The topological polar surface area (TPSA) is 62.7 Å². The fourth-order valence-corrected chi connectivity index (χ4v) is 2.85. The molecule has 1 aromatic carbocycles. The zero-order chi connectivity index (χ0) is 13.5. The van der Waals surface area contributed by atoms with Crippen molar-refractivity contribution < 1.29 is 9.53 Å². The molecule has 1 unspecified atom stereocenters. The number of rotatable bonds is 1. The molecule has 1 spiro atoms. The number of nitrogens with one attached hydrogen (secondary N) is 2. The van der Waals surface area contributed by atoms with Crippen molar-refractivity contribution in [1.82, 2.24) is 10.6 Å². The number of carbonyl (C=O) groups excluding carboxylic acids is 1. The van der Waals surface area contributed by atoms with E-state index in [9.17, 15) is 4.79 Å². The fraction of sp³-hybridized carbons (Fsp3) is 0.429. The summed E-state index contributed by atoms with van der Waals surface area (Å²) in [6, 6.07) is 6.08. The molecule has 0 radical (unpaired) electrons. The van der Waals surface area contributed by atoms with Gasteiger partial charge in [0.05, 0.1) is 7.11 Å². The molecular formula is C14H17N3O2. The van der Waals surface area contributed by atoms with E-state index in [4.69, 9.17) is 4.74 Å². The summed E-state index contributed by atoms with van der Waals surface area (Å²) in [5.41, 5.74) is 1.92. The first kappa shape index (κ1) is 12.0. The third-order valence-electron chi connectivity index (χ3n) is 3.97. The van der Waals surface area contributed by atoms with Gasteiger partial charge in [-0.15, -0.1) is 0 Å². The van der Waals surface area contributed by atoms with Gasteiger partial charge in [0.1, 0.15) is 11.3 Å². The van der Waals surface area contributed by atoms with Crippen LogP contribution in [-0.4, -0.2) is 31.6 Å². The van der Waals surface area contributed by atoms with Crippen molar-refractivity contribution in [3.05, 3.63) is 29.3 Å². The Labute approximate surface area is 112 Å². The van der Waals surface area contributed by atoms with E-state index in [-0.39, 0.29) is 5.91 Å². The van der Waals surface area contributed by atoms with Crippen molar-refractivity contribution in [2.75, 3.05) is 14.2 Å². The molecule has 1 atom stereocenters. The molecule has 5 nitrogen and oxygen atoms in total. The van der Waals surface area contributed by atoms with E-state index in [1.54, 1.807) is 14.2 Å². The third kappa shape index (κ3) is 1.85. The molecule has 1 aliphatic carbocycles. The lowest BCUT2D eigenvalue weighted by Gasteiger charge is -2.32. The van der Waals surface area contributed by atoms with Gasteiger partial charge in [-0.2, -0.15) is 0 Å². The minimum atomic E-state index is -0.547. The summed E-state index contributed by atoms with van der Waals surface area (Å²) in [7, 11) is 3.32. The summed E-state index contributed by atoms with van der Waals surface area (Å²) in [5.74, 6) is 1.41. The highest BCUT2D eigenvalue weighted by atomic mass is 16.5. The highest BCUT2D eigenvalue weighted by Crippen LogP contribution is 2.32. The van der Waals surface area contributed by atoms with E-state index in [1.807, 2.05) is 12.1 Å². The van der Waals surface area contributed by atoms with Crippen molar-refractivity contribution in [1.29, 1.82) is 0 Å². The SMILES string of the molecule is CN=C1NC(=O)C2(CCc3ccc(OC)cc3C2)N1. The molecular weight excluding hydrogens is 242 g/mol.